The Hall–Kier alpha value is 0.110. The summed E-state index contributed by atoms with van der Waals surface area (Å²) < 4.78 is 17.7. The Morgan fingerprint density at radius 1 is 1.00 bits per heavy atom. The molecule has 112 valence electrons. The van der Waals surface area contributed by atoms with Gasteiger partial charge in [0.15, 0.2) is 0 Å². The molecule has 2 aliphatic rings. The number of nitrogens with one attached hydrogen (secondary N) is 1. The molecule has 0 aromatic rings. The first-order valence-corrected chi connectivity index (χ1v) is 9.68. The first kappa shape index (κ1) is 15.5. The zero-order chi connectivity index (χ0) is 13.9. The zero-order valence-electron chi connectivity index (χ0n) is 12.8. The molecule has 0 radical (unpaired) electrons. The monoisotopic (exact) mass is 287 g/mol. The van der Waals surface area contributed by atoms with Crippen molar-refractivity contribution in [1.29, 1.82) is 0 Å². The summed E-state index contributed by atoms with van der Waals surface area (Å²) in [5.74, 6) is 0. The van der Waals surface area contributed by atoms with E-state index in [1.54, 1.807) is 0 Å². The molecule has 0 bridgehead atoms. The van der Waals surface area contributed by atoms with Gasteiger partial charge in [-0.2, -0.15) is 0 Å². The summed E-state index contributed by atoms with van der Waals surface area (Å²) in [6.07, 6.45) is 7.17. The highest BCUT2D eigenvalue weighted by atomic mass is 31.2. The van der Waals surface area contributed by atoms with Gasteiger partial charge in [0.2, 0.25) is 0 Å². The molecule has 2 heterocycles. The molecular weight excluding hydrogens is 257 g/mol. The Morgan fingerprint density at radius 2 is 1.58 bits per heavy atom. The highest BCUT2D eigenvalue weighted by Gasteiger charge is 2.56. The van der Waals surface area contributed by atoms with E-state index >= 15 is 0 Å². The third-order valence-electron chi connectivity index (χ3n) is 4.36. The van der Waals surface area contributed by atoms with E-state index in [9.17, 15) is 4.57 Å². The molecule has 1 N–H and O–H groups in total. The SMILES string of the molecule is CCCCCCNP(=O)(N1C[C@@H]1CC)N1C[C@@H]1CC. The van der Waals surface area contributed by atoms with E-state index in [0.717, 1.165) is 38.9 Å². The standard InChI is InChI=1S/C14H30N3OP/c1-4-7-8-9-10-15-19(18,16-11-13(16)5-2)17-12-14(17)6-3/h13-14H,4-12H2,1-3H3,(H,15,18)/t13-,14-,16?,17?,19?/m0/s1. The summed E-state index contributed by atoms with van der Waals surface area (Å²) in [5.41, 5.74) is 0. The lowest BCUT2D eigenvalue weighted by molar-refractivity contribution is 0.479. The summed E-state index contributed by atoms with van der Waals surface area (Å²) >= 11 is 0. The molecule has 5 heteroatoms. The van der Waals surface area contributed by atoms with Crippen LogP contribution in [0.1, 0.15) is 59.3 Å². The molecular formula is C14H30N3OP. The fourth-order valence-corrected chi connectivity index (χ4v) is 5.93. The van der Waals surface area contributed by atoms with Crippen molar-refractivity contribution < 1.29 is 4.57 Å². The minimum atomic E-state index is -2.42. The van der Waals surface area contributed by atoms with E-state index < -0.39 is 7.59 Å². The molecule has 0 spiro atoms. The van der Waals surface area contributed by atoms with Crippen LogP contribution in [0, 0.1) is 0 Å². The van der Waals surface area contributed by atoms with Crippen LogP contribution < -0.4 is 5.09 Å². The van der Waals surface area contributed by atoms with Crippen molar-refractivity contribution in [3.63, 3.8) is 0 Å². The van der Waals surface area contributed by atoms with Crippen molar-refractivity contribution >= 4 is 7.59 Å². The van der Waals surface area contributed by atoms with Crippen LogP contribution in [0.5, 0.6) is 0 Å². The number of unbranched alkanes of at least 4 members (excludes halogenated alkanes) is 3. The van der Waals surface area contributed by atoms with Gasteiger partial charge in [0.25, 0.3) is 7.59 Å². The van der Waals surface area contributed by atoms with Crippen LogP contribution in [0.2, 0.25) is 0 Å². The molecule has 2 aliphatic heterocycles. The van der Waals surface area contributed by atoms with Gasteiger partial charge >= 0.3 is 0 Å². The largest absolute Gasteiger partial charge is 0.284 e. The number of hydrogen-bond donors (Lipinski definition) is 1. The van der Waals surface area contributed by atoms with Gasteiger partial charge in [0, 0.05) is 31.7 Å². The van der Waals surface area contributed by atoms with Crippen LogP contribution in [0.25, 0.3) is 0 Å². The van der Waals surface area contributed by atoms with Crippen molar-refractivity contribution in [2.24, 2.45) is 0 Å². The van der Waals surface area contributed by atoms with Crippen LogP contribution in [-0.2, 0) is 4.57 Å². The third-order valence-corrected chi connectivity index (χ3v) is 7.37. The van der Waals surface area contributed by atoms with Crippen LogP contribution >= 0.6 is 7.59 Å². The number of hydrogen-bond acceptors (Lipinski definition) is 1. The Bertz CT molecular complexity index is 315. The fourth-order valence-electron chi connectivity index (χ4n) is 2.79. The smallest absolute Gasteiger partial charge is 0.270 e. The minimum Gasteiger partial charge on any atom is -0.270 e. The average Bonchev–Trinajstić information content (AvgIpc) is 3.29. The number of rotatable bonds is 10. The molecule has 4 atom stereocenters. The van der Waals surface area contributed by atoms with Gasteiger partial charge < -0.3 is 0 Å². The Balaban J connectivity index is 1.83. The van der Waals surface area contributed by atoms with Crippen molar-refractivity contribution in [3.8, 4) is 0 Å². The molecule has 0 aromatic carbocycles. The van der Waals surface area contributed by atoms with E-state index in [1.165, 1.54) is 19.3 Å². The lowest BCUT2D eigenvalue weighted by atomic mass is 10.2. The van der Waals surface area contributed by atoms with Crippen molar-refractivity contribution in [2.75, 3.05) is 19.6 Å². The summed E-state index contributed by atoms with van der Waals surface area (Å²) in [4.78, 5) is 0. The van der Waals surface area contributed by atoms with Crippen LogP contribution in [0.3, 0.4) is 0 Å². The topological polar surface area (TPSA) is 35.1 Å². The molecule has 2 rings (SSSR count). The molecule has 0 aromatic heterocycles. The van der Waals surface area contributed by atoms with Gasteiger partial charge in [0.1, 0.15) is 0 Å². The molecule has 2 unspecified atom stereocenters. The first-order chi connectivity index (χ1) is 9.17. The maximum absolute atomic E-state index is 13.2. The molecule has 0 amide bonds. The van der Waals surface area contributed by atoms with Crippen molar-refractivity contribution in [2.45, 2.75) is 71.4 Å². The maximum Gasteiger partial charge on any atom is 0.284 e. The normalized spacial score (nSPS) is 35.9. The van der Waals surface area contributed by atoms with Gasteiger partial charge in [-0.15, -0.1) is 0 Å². The van der Waals surface area contributed by atoms with Crippen LogP contribution in [0.15, 0.2) is 0 Å². The van der Waals surface area contributed by atoms with E-state index in [1.807, 2.05) is 0 Å². The lowest BCUT2D eigenvalue weighted by Crippen LogP contribution is -2.24. The Morgan fingerprint density at radius 3 is 2.00 bits per heavy atom. The summed E-state index contributed by atoms with van der Waals surface area (Å²) in [6, 6.07) is 1.10. The molecule has 0 saturated carbocycles. The predicted octanol–water partition coefficient (Wildman–Crippen LogP) is 3.45. The van der Waals surface area contributed by atoms with E-state index in [4.69, 9.17) is 0 Å². The number of nitrogens with zero attached hydrogens (tertiary/aromatic N) is 2. The molecule has 0 aliphatic carbocycles. The second kappa shape index (κ2) is 6.71. The quantitative estimate of drug-likeness (QED) is 0.379. The second-order valence-electron chi connectivity index (χ2n) is 5.88. The fraction of sp³-hybridized carbons (Fsp3) is 1.00. The van der Waals surface area contributed by atoms with Crippen molar-refractivity contribution in [1.82, 2.24) is 14.4 Å². The summed E-state index contributed by atoms with van der Waals surface area (Å²) in [5, 5.41) is 3.41. The zero-order valence-corrected chi connectivity index (χ0v) is 13.7. The van der Waals surface area contributed by atoms with Gasteiger partial charge in [-0.1, -0.05) is 40.0 Å². The summed E-state index contributed by atoms with van der Waals surface area (Å²) in [7, 11) is -2.42. The molecule has 2 fully saturated rings. The maximum atomic E-state index is 13.2. The van der Waals surface area contributed by atoms with Gasteiger partial charge in [-0.05, 0) is 19.3 Å². The highest BCUT2D eigenvalue weighted by molar-refractivity contribution is 7.57. The Labute approximate surface area is 118 Å². The summed E-state index contributed by atoms with van der Waals surface area (Å²) in [6.45, 7) is 9.54. The van der Waals surface area contributed by atoms with Crippen LogP contribution in [-0.4, -0.2) is 41.1 Å². The van der Waals surface area contributed by atoms with E-state index in [2.05, 4.69) is 35.2 Å². The molecule has 2 saturated heterocycles. The van der Waals surface area contributed by atoms with E-state index in [-0.39, 0.29) is 0 Å². The second-order valence-corrected chi connectivity index (χ2v) is 8.31. The average molecular weight is 287 g/mol. The van der Waals surface area contributed by atoms with Gasteiger partial charge in [-0.3, -0.25) is 4.57 Å². The third kappa shape index (κ3) is 3.60. The highest BCUT2D eigenvalue weighted by Crippen LogP contribution is 2.62. The van der Waals surface area contributed by atoms with Gasteiger partial charge in [0.05, 0.1) is 0 Å². The minimum absolute atomic E-state index is 0.548. The molecule has 19 heavy (non-hydrogen) atoms. The lowest BCUT2D eigenvalue weighted by Gasteiger charge is -2.23. The predicted molar refractivity (Wildman–Crippen MR) is 81.3 cm³/mol. The first-order valence-electron chi connectivity index (χ1n) is 8.06. The van der Waals surface area contributed by atoms with Crippen molar-refractivity contribution in [3.05, 3.63) is 0 Å². The van der Waals surface area contributed by atoms with Gasteiger partial charge in [-0.25, -0.2) is 14.4 Å². The Kier molecular flexibility index (Phi) is 5.47. The van der Waals surface area contributed by atoms with Crippen LogP contribution in [0.4, 0.5) is 0 Å². The van der Waals surface area contributed by atoms with E-state index in [0.29, 0.717) is 12.1 Å². The molecule has 4 nitrogen and oxygen atoms in total.